The van der Waals surface area contributed by atoms with Crippen LogP contribution in [-0.4, -0.2) is 59.8 Å². The highest BCUT2D eigenvalue weighted by atomic mass is 32.2. The molecule has 0 unspecified atom stereocenters. The molecule has 0 amide bonds. The van der Waals surface area contributed by atoms with Crippen molar-refractivity contribution in [2.75, 3.05) is 6.61 Å². The molecule has 1 heterocycles. The summed E-state index contributed by atoms with van der Waals surface area (Å²) in [5, 5.41) is 20.5. The highest BCUT2D eigenvalue weighted by Gasteiger charge is 2.61. The van der Waals surface area contributed by atoms with Crippen LogP contribution in [0.1, 0.15) is 27.7 Å². The van der Waals surface area contributed by atoms with Gasteiger partial charge >= 0.3 is 23.9 Å². The van der Waals surface area contributed by atoms with Crippen LogP contribution in [0, 0.1) is 22.0 Å². The average molecular weight is 414 g/mol. The number of ether oxygens (including phenoxy) is 5. The Bertz CT molecular complexity index is 729. The predicted octanol–water partition coefficient (Wildman–Crippen LogP) is 0.178. The van der Waals surface area contributed by atoms with Gasteiger partial charge in [-0.25, -0.2) is 0 Å². The van der Waals surface area contributed by atoms with E-state index in [1.807, 2.05) is 0 Å². The third-order valence-corrected chi connectivity index (χ3v) is 4.20. The Labute approximate surface area is 164 Å². The normalized spacial score (nSPS) is 28.8. The molecule has 0 spiro atoms. The fourth-order valence-corrected chi connectivity index (χ4v) is 3.18. The van der Waals surface area contributed by atoms with Gasteiger partial charge in [0.1, 0.15) is 24.2 Å². The molecule has 1 saturated heterocycles. The number of hydrogen-bond donors (Lipinski definition) is 0. The molecule has 1 rings (SSSR count). The number of hydrogen-bond acceptors (Lipinski definition) is 12. The first-order valence-corrected chi connectivity index (χ1v) is 8.69. The maximum Gasteiger partial charge on any atom is 0.303 e. The highest BCUT2D eigenvalue weighted by Crippen LogP contribution is 2.42. The first-order chi connectivity index (χ1) is 13.1. The zero-order valence-corrected chi connectivity index (χ0v) is 16.3. The maximum absolute atomic E-state index is 11.6. The minimum Gasteiger partial charge on any atom is -0.463 e. The summed E-state index contributed by atoms with van der Waals surface area (Å²) in [7, 11) is 0. The van der Waals surface area contributed by atoms with E-state index in [0.717, 1.165) is 27.7 Å². The van der Waals surface area contributed by atoms with Crippen molar-refractivity contribution in [3.8, 4) is 11.5 Å². The molecule has 28 heavy (non-hydrogen) atoms. The van der Waals surface area contributed by atoms with Crippen LogP contribution in [0.25, 0.3) is 0 Å². The lowest BCUT2D eigenvalue weighted by molar-refractivity contribution is -0.250. The number of thioether (sulfide) groups is 1. The van der Waals surface area contributed by atoms with Gasteiger partial charge in [-0.1, -0.05) is 0 Å². The third kappa shape index (κ3) is 5.84. The molecule has 0 bridgehead atoms. The van der Waals surface area contributed by atoms with Gasteiger partial charge in [-0.3, -0.25) is 19.2 Å². The fourth-order valence-electron chi connectivity index (χ4n) is 2.53. The van der Waals surface area contributed by atoms with Crippen molar-refractivity contribution < 1.29 is 42.9 Å². The third-order valence-electron chi connectivity index (χ3n) is 3.39. The second-order valence-corrected chi connectivity index (χ2v) is 6.60. The van der Waals surface area contributed by atoms with E-state index >= 15 is 0 Å². The van der Waals surface area contributed by atoms with Gasteiger partial charge in [-0.2, -0.15) is 10.5 Å². The van der Waals surface area contributed by atoms with E-state index in [9.17, 15) is 24.4 Å². The van der Waals surface area contributed by atoms with E-state index in [-0.39, 0.29) is 0 Å². The summed E-state index contributed by atoms with van der Waals surface area (Å²) in [4.78, 5) is 43.8. The smallest absolute Gasteiger partial charge is 0.303 e. The molecule has 5 atom stereocenters. The highest BCUT2D eigenvalue weighted by molar-refractivity contribution is 8.05. The molecular formula is C16H18N2O9S. The number of nitriles is 2. The molecule has 0 radical (unpaired) electrons. The molecule has 0 saturated carbocycles. The van der Waals surface area contributed by atoms with Crippen LogP contribution in [0.5, 0.6) is 0 Å². The van der Waals surface area contributed by atoms with Gasteiger partial charge in [-0.15, -0.1) is 0 Å². The van der Waals surface area contributed by atoms with Gasteiger partial charge in [0.15, 0.2) is 18.3 Å². The number of thiocyanates is 1. The Morgan fingerprint density at radius 2 is 1.46 bits per heavy atom. The van der Waals surface area contributed by atoms with Gasteiger partial charge < -0.3 is 23.7 Å². The van der Waals surface area contributed by atoms with Crippen LogP contribution >= 0.6 is 11.8 Å². The topological polar surface area (TPSA) is 162 Å². The minimum atomic E-state index is -2.14. The second-order valence-electron chi connectivity index (χ2n) is 5.61. The SMILES string of the molecule is CC(=O)OC[C@H]1O[C@@](C#N)(SC#N)[C@H](OC(C)=O)[C@@H](OC(C)=O)[C@H]1OC(C)=O. The van der Waals surface area contributed by atoms with Gasteiger partial charge in [0, 0.05) is 39.5 Å². The summed E-state index contributed by atoms with van der Waals surface area (Å²) in [6, 6.07) is 1.74. The molecular weight excluding hydrogens is 396 g/mol. The van der Waals surface area contributed by atoms with Crippen molar-refractivity contribution in [3.63, 3.8) is 0 Å². The lowest BCUT2D eigenvalue weighted by Crippen LogP contribution is -2.66. The second kappa shape index (κ2) is 9.92. The lowest BCUT2D eigenvalue weighted by atomic mass is 9.94. The van der Waals surface area contributed by atoms with Crippen LogP contribution in [0.3, 0.4) is 0 Å². The number of rotatable bonds is 6. The zero-order chi connectivity index (χ0) is 21.5. The van der Waals surface area contributed by atoms with E-state index in [1.54, 1.807) is 11.5 Å². The number of carbonyl (C=O) groups excluding carboxylic acids is 4. The zero-order valence-electron chi connectivity index (χ0n) is 15.5. The standard InChI is InChI=1S/C16H18N2O9S/c1-8(19)23-5-12-13(24-9(2)20)14(25-10(3)21)15(26-11(4)22)16(6-17,27-12)28-7-18/h12-15H,5H2,1-4H3/t12-,13+,14+,15-,16+/m1/s1. The van der Waals surface area contributed by atoms with E-state index in [1.165, 1.54) is 0 Å². The van der Waals surface area contributed by atoms with Crippen molar-refractivity contribution >= 4 is 35.6 Å². The Morgan fingerprint density at radius 3 is 1.89 bits per heavy atom. The summed E-state index contributed by atoms with van der Waals surface area (Å²) in [6.07, 6.45) is -5.78. The monoisotopic (exact) mass is 414 g/mol. The van der Waals surface area contributed by atoms with Crippen molar-refractivity contribution in [3.05, 3.63) is 0 Å². The first kappa shape index (κ1) is 23.2. The van der Waals surface area contributed by atoms with Crippen molar-refractivity contribution in [2.45, 2.75) is 57.0 Å². The van der Waals surface area contributed by atoms with Gasteiger partial charge in [-0.05, 0) is 0 Å². The van der Waals surface area contributed by atoms with Gasteiger partial charge in [0.2, 0.25) is 0 Å². The molecule has 1 aliphatic heterocycles. The Morgan fingerprint density at radius 1 is 0.929 bits per heavy atom. The van der Waals surface area contributed by atoms with Crippen molar-refractivity contribution in [1.82, 2.24) is 0 Å². The molecule has 1 aliphatic rings. The lowest BCUT2D eigenvalue weighted by Gasteiger charge is -2.46. The largest absolute Gasteiger partial charge is 0.463 e. The molecule has 0 aromatic carbocycles. The predicted molar refractivity (Wildman–Crippen MR) is 89.7 cm³/mol. The van der Waals surface area contributed by atoms with E-state index in [0.29, 0.717) is 11.8 Å². The molecule has 0 aromatic heterocycles. The molecule has 0 aromatic rings. The molecule has 11 nitrogen and oxygen atoms in total. The number of esters is 4. The summed E-state index contributed by atoms with van der Waals surface area (Å²) in [5.41, 5.74) is 0. The first-order valence-electron chi connectivity index (χ1n) is 7.87. The molecule has 0 aliphatic carbocycles. The van der Waals surface area contributed by atoms with Crippen LogP contribution < -0.4 is 0 Å². The molecule has 152 valence electrons. The summed E-state index contributed by atoms with van der Waals surface area (Å²) in [6.45, 7) is 3.81. The van der Waals surface area contributed by atoms with Gasteiger partial charge in [0.05, 0.1) is 0 Å². The number of nitrogens with zero attached hydrogens (tertiary/aromatic N) is 2. The van der Waals surface area contributed by atoms with Crippen LogP contribution in [0.15, 0.2) is 0 Å². The Balaban J connectivity index is 3.51. The Kier molecular flexibility index (Phi) is 8.22. The average Bonchev–Trinajstić information content (AvgIpc) is 2.57. The summed E-state index contributed by atoms with van der Waals surface area (Å²) < 4.78 is 25.9. The Hall–Kier alpha value is -2.83. The van der Waals surface area contributed by atoms with E-state index < -0.39 is 59.8 Å². The molecule has 12 heteroatoms. The molecule has 0 N–H and O–H groups in total. The van der Waals surface area contributed by atoms with Crippen molar-refractivity contribution in [2.24, 2.45) is 0 Å². The van der Waals surface area contributed by atoms with Crippen molar-refractivity contribution in [1.29, 1.82) is 10.5 Å². The summed E-state index contributed by atoms with van der Waals surface area (Å²) >= 11 is 0.312. The number of carbonyl (C=O) groups is 4. The van der Waals surface area contributed by atoms with Crippen LogP contribution in [-0.2, 0) is 42.9 Å². The fraction of sp³-hybridized carbons (Fsp3) is 0.625. The van der Waals surface area contributed by atoms with Crippen LogP contribution in [0.2, 0.25) is 0 Å². The minimum absolute atomic E-state index is 0.312. The molecule has 1 fully saturated rings. The quantitative estimate of drug-likeness (QED) is 0.329. The van der Waals surface area contributed by atoms with Crippen LogP contribution in [0.4, 0.5) is 0 Å². The van der Waals surface area contributed by atoms with Gasteiger partial charge in [0.25, 0.3) is 4.93 Å². The van der Waals surface area contributed by atoms with E-state index in [2.05, 4.69) is 0 Å². The van der Waals surface area contributed by atoms with E-state index in [4.69, 9.17) is 28.9 Å². The maximum atomic E-state index is 11.6. The summed E-state index contributed by atoms with van der Waals surface area (Å²) in [5.74, 6) is -3.17.